The van der Waals surface area contributed by atoms with Crippen molar-refractivity contribution in [1.29, 1.82) is 0 Å². The van der Waals surface area contributed by atoms with Crippen LogP contribution in [0.15, 0.2) is 35.6 Å². The number of allylic oxidation sites excluding steroid dienone is 5. The molecule has 0 saturated carbocycles. The molecule has 0 heterocycles. The number of amides is 2. The third-order valence-corrected chi connectivity index (χ3v) is 4.52. The summed E-state index contributed by atoms with van der Waals surface area (Å²) in [4.78, 5) is 44.5. The minimum absolute atomic E-state index is 0.0172. The van der Waals surface area contributed by atoms with Gasteiger partial charge < -0.3 is 20.9 Å². The van der Waals surface area contributed by atoms with Crippen molar-refractivity contribution in [2.75, 3.05) is 13.2 Å². The molecule has 0 spiro atoms. The van der Waals surface area contributed by atoms with Gasteiger partial charge in [-0.05, 0) is 51.2 Å². The Kier molecular flexibility index (Phi) is 14.8. The number of aliphatic hydroxyl groups is 1. The summed E-state index contributed by atoms with van der Waals surface area (Å²) in [5, 5.41) is 11.5. The van der Waals surface area contributed by atoms with E-state index in [1.807, 2.05) is 38.2 Å². The van der Waals surface area contributed by atoms with Crippen LogP contribution in [0.4, 0.5) is 0 Å². The van der Waals surface area contributed by atoms with E-state index in [1.54, 1.807) is 13.8 Å². The summed E-state index contributed by atoms with van der Waals surface area (Å²) in [5.41, 5.74) is 6.30. The van der Waals surface area contributed by atoms with Gasteiger partial charge in [0.25, 0.3) is 0 Å². The second-order valence-corrected chi connectivity index (χ2v) is 9.09. The molecule has 0 radical (unpaired) electrons. The van der Waals surface area contributed by atoms with Crippen molar-refractivity contribution in [2.24, 2.45) is 11.7 Å². The Balaban J connectivity index is 0.000000785. The SMILES string of the molecule is CC(=O)CC(=O)CCC1=CC=C(NC(=O)CC(C)C)CC=C1.CC(C)(CCO)OCC(N)=O. The number of carbonyl (C=O) groups is 4. The summed E-state index contributed by atoms with van der Waals surface area (Å²) in [6, 6.07) is 0. The maximum absolute atomic E-state index is 11.8. The minimum Gasteiger partial charge on any atom is -0.396 e. The molecule has 0 aromatic heterocycles. The van der Waals surface area contributed by atoms with Gasteiger partial charge in [0.2, 0.25) is 11.8 Å². The van der Waals surface area contributed by atoms with Gasteiger partial charge in [-0.25, -0.2) is 0 Å². The number of ketones is 2. The van der Waals surface area contributed by atoms with Gasteiger partial charge in [0.05, 0.1) is 12.0 Å². The summed E-state index contributed by atoms with van der Waals surface area (Å²) < 4.78 is 5.10. The first-order valence-corrected chi connectivity index (χ1v) is 11.2. The molecule has 8 nitrogen and oxygen atoms in total. The third kappa shape index (κ3) is 17.6. The molecule has 4 N–H and O–H groups in total. The number of nitrogens with two attached hydrogens (primary N) is 1. The summed E-state index contributed by atoms with van der Waals surface area (Å²) in [7, 11) is 0. The molecule has 1 aliphatic carbocycles. The van der Waals surface area contributed by atoms with Crippen LogP contribution in [-0.4, -0.2) is 47.3 Å². The van der Waals surface area contributed by atoms with Crippen molar-refractivity contribution in [1.82, 2.24) is 5.32 Å². The minimum atomic E-state index is -0.490. The standard InChI is InChI=1S/C18H25NO3.C7H15NO3/c1-13(2)11-18(22)19-16-6-4-5-15(7-9-16)8-10-17(21)12-14(3)20;1-7(2,3-4-9)11-5-6(8)10/h4-5,7,9,13H,6,8,10-12H2,1-3H3,(H,19,22);9H,3-5H2,1-2H3,(H2,8,10). The molecule has 1 rings (SSSR count). The van der Waals surface area contributed by atoms with E-state index in [-0.39, 0.29) is 37.1 Å². The van der Waals surface area contributed by atoms with Gasteiger partial charge in [0.15, 0.2) is 0 Å². The van der Waals surface area contributed by atoms with Crippen molar-refractivity contribution < 1.29 is 29.0 Å². The fraction of sp³-hybridized carbons (Fsp3) is 0.600. The largest absolute Gasteiger partial charge is 0.396 e. The summed E-state index contributed by atoms with van der Waals surface area (Å²) >= 11 is 0. The van der Waals surface area contributed by atoms with Crippen molar-refractivity contribution in [3.63, 3.8) is 0 Å². The van der Waals surface area contributed by atoms with Crippen LogP contribution in [0.5, 0.6) is 0 Å². The molecule has 0 fully saturated rings. The van der Waals surface area contributed by atoms with Crippen LogP contribution in [0, 0.1) is 5.92 Å². The predicted molar refractivity (Wildman–Crippen MR) is 128 cm³/mol. The first kappa shape index (κ1) is 30.4. The van der Waals surface area contributed by atoms with E-state index >= 15 is 0 Å². The summed E-state index contributed by atoms with van der Waals surface area (Å²) in [6.07, 6.45) is 10.5. The van der Waals surface area contributed by atoms with Crippen LogP contribution in [0.3, 0.4) is 0 Å². The molecule has 0 saturated heterocycles. The van der Waals surface area contributed by atoms with Gasteiger partial charge in [-0.2, -0.15) is 0 Å². The number of nitrogens with one attached hydrogen (secondary N) is 1. The molecule has 8 heteroatoms. The molecular weight excluding hydrogens is 424 g/mol. The molecule has 0 atom stereocenters. The van der Waals surface area contributed by atoms with Crippen molar-refractivity contribution in [3.05, 3.63) is 35.6 Å². The zero-order valence-corrected chi connectivity index (χ0v) is 20.6. The van der Waals surface area contributed by atoms with Gasteiger partial charge in [0, 0.05) is 31.6 Å². The van der Waals surface area contributed by atoms with E-state index in [2.05, 4.69) is 5.32 Å². The summed E-state index contributed by atoms with van der Waals surface area (Å²) in [6.45, 7) is 9.00. The van der Waals surface area contributed by atoms with Gasteiger partial charge in [0.1, 0.15) is 18.2 Å². The lowest BCUT2D eigenvalue weighted by molar-refractivity contribution is -0.129. The third-order valence-electron chi connectivity index (χ3n) is 4.52. The Hall–Kier alpha value is -2.58. The first-order valence-electron chi connectivity index (χ1n) is 11.2. The normalized spacial score (nSPS) is 13.3. The zero-order valence-electron chi connectivity index (χ0n) is 20.6. The van der Waals surface area contributed by atoms with Crippen LogP contribution in [0.25, 0.3) is 0 Å². The fourth-order valence-electron chi connectivity index (χ4n) is 2.79. The maximum Gasteiger partial charge on any atom is 0.243 e. The quantitative estimate of drug-likeness (QED) is 0.359. The Labute approximate surface area is 197 Å². The molecule has 0 aliphatic heterocycles. The average Bonchev–Trinajstić information content (AvgIpc) is 2.89. The molecule has 0 unspecified atom stereocenters. The molecule has 33 heavy (non-hydrogen) atoms. The number of hydrogen-bond acceptors (Lipinski definition) is 6. The van der Waals surface area contributed by atoms with Gasteiger partial charge in [-0.3, -0.25) is 19.2 Å². The molecule has 0 aromatic carbocycles. The highest BCUT2D eigenvalue weighted by Crippen LogP contribution is 2.15. The van der Waals surface area contributed by atoms with Crippen molar-refractivity contribution >= 4 is 23.4 Å². The van der Waals surface area contributed by atoms with E-state index in [0.29, 0.717) is 38.0 Å². The second kappa shape index (κ2) is 16.1. The number of carbonyl (C=O) groups excluding carboxylic acids is 4. The molecule has 0 aromatic rings. The Morgan fingerprint density at radius 1 is 1.21 bits per heavy atom. The lowest BCUT2D eigenvalue weighted by Gasteiger charge is -2.23. The van der Waals surface area contributed by atoms with Crippen LogP contribution < -0.4 is 11.1 Å². The number of aliphatic hydroxyl groups excluding tert-OH is 1. The topological polar surface area (TPSA) is 136 Å². The second-order valence-electron chi connectivity index (χ2n) is 9.09. The highest BCUT2D eigenvalue weighted by Gasteiger charge is 2.18. The smallest absolute Gasteiger partial charge is 0.243 e. The molecule has 186 valence electrons. The molecule has 0 bridgehead atoms. The molecule has 1 aliphatic rings. The van der Waals surface area contributed by atoms with E-state index in [0.717, 1.165) is 11.3 Å². The lowest BCUT2D eigenvalue weighted by Crippen LogP contribution is -2.31. The van der Waals surface area contributed by atoms with E-state index < -0.39 is 11.5 Å². The predicted octanol–water partition coefficient (Wildman–Crippen LogP) is 2.90. The Bertz CT molecular complexity index is 763. The number of ether oxygens (including phenoxy) is 1. The van der Waals surface area contributed by atoms with Gasteiger partial charge >= 0.3 is 0 Å². The molecular formula is C25H40N2O6. The van der Waals surface area contributed by atoms with Crippen LogP contribution in [0.1, 0.15) is 73.1 Å². The van der Waals surface area contributed by atoms with E-state index in [4.69, 9.17) is 15.6 Å². The number of primary amides is 1. The lowest BCUT2D eigenvalue weighted by atomic mass is 10.0. The van der Waals surface area contributed by atoms with Crippen LogP contribution in [0.2, 0.25) is 0 Å². The van der Waals surface area contributed by atoms with E-state index in [9.17, 15) is 19.2 Å². The Morgan fingerprint density at radius 2 is 1.88 bits per heavy atom. The number of rotatable bonds is 13. The van der Waals surface area contributed by atoms with Crippen molar-refractivity contribution in [3.8, 4) is 0 Å². The maximum atomic E-state index is 11.8. The van der Waals surface area contributed by atoms with Gasteiger partial charge in [-0.15, -0.1) is 0 Å². The highest BCUT2D eigenvalue weighted by molar-refractivity contribution is 5.97. The first-order chi connectivity index (χ1) is 15.3. The Morgan fingerprint density at radius 3 is 2.42 bits per heavy atom. The number of hydrogen-bond donors (Lipinski definition) is 3. The monoisotopic (exact) mass is 464 g/mol. The fourth-order valence-corrected chi connectivity index (χ4v) is 2.79. The van der Waals surface area contributed by atoms with Crippen molar-refractivity contribution in [2.45, 2.75) is 78.7 Å². The van der Waals surface area contributed by atoms with Crippen LogP contribution >= 0.6 is 0 Å². The van der Waals surface area contributed by atoms with E-state index in [1.165, 1.54) is 6.92 Å². The summed E-state index contributed by atoms with van der Waals surface area (Å²) in [5.74, 6) is -0.245. The average molecular weight is 465 g/mol. The number of Topliss-reactive ketones (excluding diaryl/α,β-unsaturated/α-hetero) is 2. The molecule has 2 amide bonds. The van der Waals surface area contributed by atoms with Gasteiger partial charge in [-0.1, -0.05) is 32.1 Å². The van der Waals surface area contributed by atoms with Crippen LogP contribution in [-0.2, 0) is 23.9 Å². The zero-order chi connectivity index (χ0) is 25.4. The highest BCUT2D eigenvalue weighted by atomic mass is 16.5.